The lowest BCUT2D eigenvalue weighted by Crippen LogP contribution is -2.32. The number of benzene rings is 3. The fourth-order valence-electron chi connectivity index (χ4n) is 7.26. The summed E-state index contributed by atoms with van der Waals surface area (Å²) in [7, 11) is 0. The lowest BCUT2D eigenvalue weighted by molar-refractivity contribution is 0.0974. The number of ketones is 4. The number of fused-ring (bicyclic) bond motifs is 8. The average Bonchev–Trinajstić information content (AvgIpc) is 3.78. The zero-order chi connectivity index (χ0) is 36.8. The molecule has 4 aliphatic rings. The first kappa shape index (κ1) is 32.4. The average molecular weight is 739 g/mol. The molecule has 0 N–H and O–H groups in total. The van der Waals surface area contributed by atoms with Crippen LogP contribution in [0.5, 0.6) is 11.5 Å². The number of thiophene rings is 2. The third-order valence-electron chi connectivity index (χ3n) is 9.76. The maximum absolute atomic E-state index is 13.9. The van der Waals surface area contributed by atoms with Crippen molar-refractivity contribution in [1.82, 2.24) is 0 Å². The normalized spacial score (nSPS) is 17.2. The number of carbonyl (C=O) groups excluding carboxylic acids is 4. The molecule has 0 bridgehead atoms. The summed E-state index contributed by atoms with van der Waals surface area (Å²) in [5, 5.41) is 0. The van der Waals surface area contributed by atoms with Crippen LogP contribution in [0.1, 0.15) is 90.0 Å². The van der Waals surface area contributed by atoms with Crippen molar-refractivity contribution < 1.29 is 46.2 Å². The Morgan fingerprint density at radius 2 is 0.788 bits per heavy atom. The Labute approximate surface area is 300 Å². The van der Waals surface area contributed by atoms with E-state index in [0.29, 0.717) is 21.3 Å². The molecule has 3 aromatic carbocycles. The molecule has 4 heterocycles. The molecule has 0 unspecified atom stereocenters. The number of halogens is 4. The Morgan fingerprint density at radius 1 is 0.481 bits per heavy atom. The highest BCUT2D eigenvalue weighted by Gasteiger charge is 2.42. The van der Waals surface area contributed by atoms with Crippen molar-refractivity contribution in [3.8, 4) is 32.4 Å². The number of allylic oxidation sites excluding steroid dienone is 2. The minimum atomic E-state index is -1.21. The van der Waals surface area contributed by atoms with Crippen LogP contribution in [0.4, 0.5) is 17.6 Å². The van der Waals surface area contributed by atoms with Crippen molar-refractivity contribution in [2.75, 3.05) is 0 Å². The predicted octanol–water partition coefficient (Wildman–Crippen LogP) is 9.88. The highest BCUT2D eigenvalue weighted by atomic mass is 32.1. The largest absolute Gasteiger partial charge is 0.482 e. The van der Waals surface area contributed by atoms with Gasteiger partial charge in [0, 0.05) is 54.3 Å². The van der Waals surface area contributed by atoms with Gasteiger partial charge in [-0.3, -0.25) is 19.2 Å². The van der Waals surface area contributed by atoms with Gasteiger partial charge in [0.05, 0.1) is 20.9 Å². The number of carbonyl (C=O) groups is 4. The van der Waals surface area contributed by atoms with Crippen molar-refractivity contribution in [2.24, 2.45) is 0 Å². The zero-order valence-electron chi connectivity index (χ0n) is 27.6. The first-order chi connectivity index (χ1) is 24.5. The molecule has 0 amide bonds. The van der Waals surface area contributed by atoms with E-state index in [9.17, 15) is 36.7 Å². The number of rotatable bonds is 2. The number of Topliss-reactive ketones (excluding diaryl/α,β-unsaturated/α-hetero) is 4. The van der Waals surface area contributed by atoms with Gasteiger partial charge in [-0.25, -0.2) is 17.6 Å². The van der Waals surface area contributed by atoms with E-state index in [0.717, 1.165) is 56.3 Å². The predicted molar refractivity (Wildman–Crippen MR) is 186 cm³/mol. The van der Waals surface area contributed by atoms with Crippen LogP contribution in [0.25, 0.3) is 33.0 Å². The van der Waals surface area contributed by atoms with Gasteiger partial charge in [0.2, 0.25) is 0 Å². The maximum Gasteiger partial charge on any atom is 0.197 e. The first-order valence-electron chi connectivity index (χ1n) is 16.0. The standard InChI is InChI=1S/C40H22F4O6S2/c1-39(2)25-9-22-26(10-21(25)37-31(49-39)7-15(51-37)5-23-33(45)17-11-27(41)28(42)12-18(17)34(23)46)40(3,4)50-32-8-16(52-38(22)32)6-24-35(47)19-13-29(43)30(44)14-20(19)36(24)48/h5-14H,1-4H3. The second-order valence-electron chi connectivity index (χ2n) is 13.9. The molecule has 12 heteroatoms. The second-order valence-corrected chi connectivity index (χ2v) is 16.1. The molecule has 0 saturated heterocycles. The SMILES string of the molecule is CC1(C)Oc2cc(C=C3C(=O)c4cc(F)c(F)cc4C3=O)sc2-c2cc3c(cc21)-c1sc(C=C2C(=O)c4cc(F)c(F)cc4C2=O)cc1OC3(C)C. The third kappa shape index (κ3) is 4.53. The summed E-state index contributed by atoms with van der Waals surface area (Å²) in [5.74, 6) is -6.50. The van der Waals surface area contributed by atoms with E-state index < -0.39 is 57.6 Å². The molecule has 6 nitrogen and oxygen atoms in total. The lowest BCUT2D eigenvalue weighted by Gasteiger charge is -2.38. The summed E-state index contributed by atoms with van der Waals surface area (Å²) in [6.45, 7) is 7.65. The molecule has 0 spiro atoms. The minimum absolute atomic E-state index is 0.183. The minimum Gasteiger partial charge on any atom is -0.482 e. The van der Waals surface area contributed by atoms with Crippen molar-refractivity contribution in [1.29, 1.82) is 0 Å². The highest BCUT2D eigenvalue weighted by molar-refractivity contribution is 7.17. The molecular weight excluding hydrogens is 717 g/mol. The molecule has 2 aliphatic heterocycles. The summed E-state index contributed by atoms with van der Waals surface area (Å²) >= 11 is 2.60. The fourth-order valence-corrected chi connectivity index (χ4v) is 9.38. The maximum atomic E-state index is 13.9. The summed E-state index contributed by atoms with van der Waals surface area (Å²) in [5.41, 5.74) is 0.618. The smallest absolute Gasteiger partial charge is 0.197 e. The monoisotopic (exact) mass is 738 g/mol. The quantitative estimate of drug-likeness (QED) is 0.102. The van der Waals surface area contributed by atoms with E-state index in [1.165, 1.54) is 34.8 Å². The summed E-state index contributed by atoms with van der Waals surface area (Å²) in [6, 6.07) is 10.5. The molecule has 0 radical (unpaired) electrons. The zero-order valence-corrected chi connectivity index (χ0v) is 29.2. The van der Waals surface area contributed by atoms with Gasteiger partial charge in [0.15, 0.2) is 46.4 Å². The van der Waals surface area contributed by atoms with Crippen LogP contribution >= 0.6 is 22.7 Å². The molecule has 258 valence electrons. The van der Waals surface area contributed by atoms with Crippen LogP contribution in [-0.4, -0.2) is 23.1 Å². The summed E-state index contributed by atoms with van der Waals surface area (Å²) in [4.78, 5) is 54.9. The molecule has 2 aliphatic carbocycles. The van der Waals surface area contributed by atoms with E-state index in [2.05, 4.69) is 0 Å². The van der Waals surface area contributed by atoms with Crippen molar-refractivity contribution in [2.45, 2.75) is 38.9 Å². The van der Waals surface area contributed by atoms with Crippen LogP contribution in [0.15, 0.2) is 59.7 Å². The molecule has 0 fully saturated rings. The first-order valence-corrected chi connectivity index (χ1v) is 17.6. The van der Waals surface area contributed by atoms with Gasteiger partial charge in [-0.15, -0.1) is 22.7 Å². The second kappa shape index (κ2) is 10.5. The van der Waals surface area contributed by atoms with Gasteiger partial charge >= 0.3 is 0 Å². The number of ether oxygens (including phenoxy) is 2. The molecule has 2 aromatic heterocycles. The molecule has 9 rings (SSSR count). The van der Waals surface area contributed by atoms with E-state index in [1.807, 2.05) is 39.8 Å². The fraction of sp³-hybridized carbons (Fsp3) is 0.150. The van der Waals surface area contributed by atoms with E-state index in [-0.39, 0.29) is 33.4 Å². The van der Waals surface area contributed by atoms with Crippen LogP contribution in [0, 0.1) is 23.3 Å². The van der Waals surface area contributed by atoms with Crippen LogP contribution < -0.4 is 9.47 Å². The van der Waals surface area contributed by atoms with Gasteiger partial charge in [-0.1, -0.05) is 0 Å². The Hall–Kier alpha value is -5.46. The van der Waals surface area contributed by atoms with E-state index in [4.69, 9.17) is 9.47 Å². The van der Waals surface area contributed by atoms with Gasteiger partial charge in [-0.2, -0.15) is 0 Å². The molecule has 52 heavy (non-hydrogen) atoms. The summed E-state index contributed by atoms with van der Waals surface area (Å²) < 4.78 is 68.6. The van der Waals surface area contributed by atoms with Gasteiger partial charge in [-0.05, 0) is 88.4 Å². The van der Waals surface area contributed by atoms with Crippen molar-refractivity contribution in [3.63, 3.8) is 0 Å². The van der Waals surface area contributed by atoms with Crippen LogP contribution in [0.2, 0.25) is 0 Å². The van der Waals surface area contributed by atoms with Crippen molar-refractivity contribution >= 4 is 58.0 Å². The molecule has 0 saturated carbocycles. The topological polar surface area (TPSA) is 86.7 Å². The number of hydrogen-bond donors (Lipinski definition) is 0. The Balaban J connectivity index is 1.12. The Kier molecular flexibility index (Phi) is 6.58. The molecular formula is C40H22F4O6S2. The van der Waals surface area contributed by atoms with Crippen LogP contribution in [-0.2, 0) is 11.2 Å². The van der Waals surface area contributed by atoms with Gasteiger partial charge in [0.1, 0.15) is 22.7 Å². The number of hydrogen-bond acceptors (Lipinski definition) is 8. The Bertz CT molecular complexity index is 2390. The van der Waals surface area contributed by atoms with Gasteiger partial charge < -0.3 is 9.47 Å². The van der Waals surface area contributed by atoms with E-state index in [1.54, 1.807) is 12.1 Å². The Morgan fingerprint density at radius 3 is 1.10 bits per heavy atom. The lowest BCUT2D eigenvalue weighted by atomic mass is 9.81. The van der Waals surface area contributed by atoms with Gasteiger partial charge in [0.25, 0.3) is 0 Å². The van der Waals surface area contributed by atoms with E-state index >= 15 is 0 Å². The summed E-state index contributed by atoms with van der Waals surface area (Å²) in [6.07, 6.45) is 2.84. The molecule has 5 aromatic rings. The third-order valence-corrected chi connectivity index (χ3v) is 12.0. The van der Waals surface area contributed by atoms with Crippen LogP contribution in [0.3, 0.4) is 0 Å². The highest BCUT2D eigenvalue weighted by Crippen LogP contribution is 2.56. The molecule has 0 atom stereocenters. The van der Waals surface area contributed by atoms with Crippen molar-refractivity contribution in [3.05, 3.63) is 126 Å².